The van der Waals surface area contributed by atoms with Crippen molar-refractivity contribution >= 4 is 55.9 Å². The number of hydrogen-bond acceptors (Lipinski definition) is 5. The highest BCUT2D eigenvalue weighted by atomic mass is 35.5. The number of hydrogen-bond donors (Lipinski definition) is 1. The summed E-state index contributed by atoms with van der Waals surface area (Å²) >= 11 is 7.11. The van der Waals surface area contributed by atoms with Gasteiger partial charge >= 0.3 is 17.6 Å². The van der Waals surface area contributed by atoms with Crippen LogP contribution in [0, 0.1) is 0 Å². The Morgan fingerprint density at radius 1 is 1.15 bits per heavy atom. The highest BCUT2D eigenvalue weighted by Crippen LogP contribution is 2.32. The Morgan fingerprint density at radius 2 is 1.88 bits per heavy atom. The molecule has 3 aromatic rings. The zero-order chi connectivity index (χ0) is 19.0. The third kappa shape index (κ3) is 3.29. The first-order valence-electron chi connectivity index (χ1n) is 7.36. The second-order valence-electron chi connectivity index (χ2n) is 5.45. The molecule has 1 aromatic carbocycles. The number of nitrogens with zero attached hydrogens (tertiary/aromatic N) is 2. The van der Waals surface area contributed by atoms with E-state index in [1.165, 1.54) is 21.9 Å². The Bertz CT molecular complexity index is 1070. The third-order valence-electron chi connectivity index (χ3n) is 3.74. The van der Waals surface area contributed by atoms with Gasteiger partial charge in [0, 0.05) is 30.9 Å². The van der Waals surface area contributed by atoms with Crippen molar-refractivity contribution in [3.05, 3.63) is 57.4 Å². The number of carboxylic acids is 1. The van der Waals surface area contributed by atoms with E-state index < -0.39 is 17.2 Å². The Labute approximate surface area is 156 Å². The molecule has 0 bridgehead atoms. The molecule has 7 nitrogen and oxygen atoms in total. The molecule has 1 N–H and O–H groups in total. The van der Waals surface area contributed by atoms with Crippen LogP contribution in [-0.4, -0.2) is 31.2 Å². The van der Waals surface area contributed by atoms with E-state index in [-0.39, 0.29) is 11.6 Å². The smallest absolute Gasteiger partial charge is 0.351 e. The summed E-state index contributed by atoms with van der Waals surface area (Å²) in [4.78, 5) is 38.2. The minimum Gasteiger partial charge on any atom is -0.477 e. The summed E-state index contributed by atoms with van der Waals surface area (Å²) in [5, 5.41) is 10.0. The lowest BCUT2D eigenvalue weighted by atomic mass is 10.3. The summed E-state index contributed by atoms with van der Waals surface area (Å²) in [6, 6.07) is 9.30. The van der Waals surface area contributed by atoms with Crippen molar-refractivity contribution in [2.24, 2.45) is 0 Å². The van der Waals surface area contributed by atoms with Crippen LogP contribution in [0.25, 0.3) is 10.3 Å². The number of benzene rings is 1. The van der Waals surface area contributed by atoms with Gasteiger partial charge in [0.2, 0.25) is 0 Å². The monoisotopic (exact) mass is 392 g/mol. The van der Waals surface area contributed by atoms with Crippen molar-refractivity contribution in [1.82, 2.24) is 0 Å². The third-order valence-corrected chi connectivity index (χ3v) is 5.12. The number of halogens is 1. The van der Waals surface area contributed by atoms with Crippen molar-refractivity contribution in [1.29, 1.82) is 0 Å². The quantitative estimate of drug-likeness (QED) is 0.729. The number of carbonyl (C=O) groups is 2. The fourth-order valence-corrected chi connectivity index (χ4v) is 3.50. The lowest BCUT2D eigenvalue weighted by Gasteiger charge is -2.23. The van der Waals surface area contributed by atoms with Gasteiger partial charge in [-0.15, -0.1) is 11.3 Å². The van der Waals surface area contributed by atoms with Crippen molar-refractivity contribution in [3.63, 3.8) is 0 Å². The molecule has 0 unspecified atom stereocenters. The van der Waals surface area contributed by atoms with E-state index in [0.29, 0.717) is 20.4 Å². The molecular formula is C17H13ClN2O5S. The first-order chi connectivity index (χ1) is 12.3. The van der Waals surface area contributed by atoms with Crippen LogP contribution in [0.1, 0.15) is 10.4 Å². The zero-order valence-electron chi connectivity index (χ0n) is 13.7. The van der Waals surface area contributed by atoms with Crippen molar-refractivity contribution in [2.75, 3.05) is 23.9 Å². The van der Waals surface area contributed by atoms with E-state index in [0.717, 1.165) is 11.3 Å². The largest absolute Gasteiger partial charge is 0.477 e. The normalized spacial score (nSPS) is 10.7. The number of rotatable bonds is 3. The van der Waals surface area contributed by atoms with Gasteiger partial charge in [-0.3, -0.25) is 9.80 Å². The molecule has 0 saturated heterocycles. The van der Waals surface area contributed by atoms with E-state index in [1.807, 2.05) is 0 Å². The lowest BCUT2D eigenvalue weighted by molar-refractivity contribution is 0.0692. The van der Waals surface area contributed by atoms with E-state index >= 15 is 0 Å². The molecule has 3 rings (SSSR count). The van der Waals surface area contributed by atoms with Crippen LogP contribution in [0.2, 0.25) is 5.02 Å². The summed E-state index contributed by atoms with van der Waals surface area (Å²) in [6.07, 6.45) is 0. The molecule has 9 heteroatoms. The lowest BCUT2D eigenvalue weighted by Crippen LogP contribution is -2.38. The van der Waals surface area contributed by atoms with Gasteiger partial charge in [0.05, 0.1) is 4.70 Å². The molecule has 0 atom stereocenters. The van der Waals surface area contributed by atoms with Gasteiger partial charge in [-0.2, -0.15) is 0 Å². The van der Waals surface area contributed by atoms with Gasteiger partial charge in [-0.1, -0.05) is 17.7 Å². The number of thiophene rings is 1. The minimum atomic E-state index is -1.36. The maximum atomic E-state index is 12.7. The van der Waals surface area contributed by atoms with Crippen LogP contribution in [0.5, 0.6) is 0 Å². The predicted octanol–water partition coefficient (Wildman–Crippen LogP) is 3.90. The number of carboxylic acid groups (broad SMARTS) is 1. The standard InChI is InChI=1S/C17H13ClN2O5S/c1-19(10-5-3-4-9(18)6-10)17(24)20(2)14-8-12-13(26-14)7-11(15(21)22)16(23)25-12/h3-8H,1-2H3,(H,21,22). The summed E-state index contributed by atoms with van der Waals surface area (Å²) < 4.78 is 5.49. The molecule has 26 heavy (non-hydrogen) atoms. The fraction of sp³-hybridized carbons (Fsp3) is 0.118. The number of aromatic carboxylic acids is 1. The first kappa shape index (κ1) is 18.0. The van der Waals surface area contributed by atoms with Crippen LogP contribution in [0.4, 0.5) is 15.5 Å². The number of amides is 2. The molecular weight excluding hydrogens is 380 g/mol. The molecule has 0 aliphatic rings. The van der Waals surface area contributed by atoms with Crippen molar-refractivity contribution in [3.8, 4) is 0 Å². The Morgan fingerprint density at radius 3 is 2.54 bits per heavy atom. The fourth-order valence-electron chi connectivity index (χ4n) is 2.33. The van der Waals surface area contributed by atoms with Crippen LogP contribution < -0.4 is 15.4 Å². The van der Waals surface area contributed by atoms with Gasteiger partial charge in [0.15, 0.2) is 5.58 Å². The highest BCUT2D eigenvalue weighted by Gasteiger charge is 2.21. The second kappa shape index (κ2) is 6.81. The van der Waals surface area contributed by atoms with E-state index in [2.05, 4.69) is 0 Å². The highest BCUT2D eigenvalue weighted by molar-refractivity contribution is 7.22. The van der Waals surface area contributed by atoms with Gasteiger partial charge in [0.1, 0.15) is 10.6 Å². The number of fused-ring (bicyclic) bond motifs is 1. The molecule has 0 saturated carbocycles. The Hall–Kier alpha value is -2.84. The van der Waals surface area contributed by atoms with Crippen LogP contribution in [0.3, 0.4) is 0 Å². The maximum absolute atomic E-state index is 12.7. The molecule has 0 spiro atoms. The first-order valence-corrected chi connectivity index (χ1v) is 8.55. The topological polar surface area (TPSA) is 91.1 Å². The molecule has 2 amide bonds. The Balaban J connectivity index is 1.94. The minimum absolute atomic E-state index is 0.227. The van der Waals surface area contributed by atoms with E-state index in [4.69, 9.17) is 21.1 Å². The number of urea groups is 1. The number of anilines is 2. The number of carbonyl (C=O) groups excluding carboxylic acids is 1. The van der Waals surface area contributed by atoms with Crippen LogP contribution in [0.15, 0.2) is 45.6 Å². The Kier molecular flexibility index (Phi) is 4.71. The van der Waals surface area contributed by atoms with Gasteiger partial charge in [-0.25, -0.2) is 14.4 Å². The molecule has 0 fully saturated rings. The van der Waals surface area contributed by atoms with Crippen molar-refractivity contribution in [2.45, 2.75) is 0 Å². The van der Waals surface area contributed by atoms with Gasteiger partial charge in [0.25, 0.3) is 0 Å². The maximum Gasteiger partial charge on any atom is 0.351 e. The average Bonchev–Trinajstić information content (AvgIpc) is 3.01. The molecule has 2 heterocycles. The van der Waals surface area contributed by atoms with E-state index in [9.17, 15) is 14.4 Å². The summed E-state index contributed by atoms with van der Waals surface area (Å²) in [6.45, 7) is 0. The SMILES string of the molecule is CN(C(=O)N(C)c1cc2oc(=O)c(C(=O)O)cc2s1)c1cccc(Cl)c1. The summed E-state index contributed by atoms with van der Waals surface area (Å²) in [7, 11) is 3.19. The summed E-state index contributed by atoms with van der Waals surface area (Å²) in [5.74, 6) is -1.36. The molecule has 134 valence electrons. The molecule has 0 aliphatic heterocycles. The predicted molar refractivity (Wildman–Crippen MR) is 101 cm³/mol. The zero-order valence-corrected chi connectivity index (χ0v) is 15.3. The van der Waals surface area contributed by atoms with Crippen molar-refractivity contribution < 1.29 is 19.1 Å². The van der Waals surface area contributed by atoms with Crippen LogP contribution >= 0.6 is 22.9 Å². The summed E-state index contributed by atoms with van der Waals surface area (Å²) in [5.41, 5.74) is -0.532. The average molecular weight is 393 g/mol. The van der Waals surface area contributed by atoms with Gasteiger partial charge in [-0.05, 0) is 24.3 Å². The van der Waals surface area contributed by atoms with Crippen LogP contribution in [-0.2, 0) is 0 Å². The van der Waals surface area contributed by atoms with Gasteiger partial charge < -0.3 is 9.52 Å². The molecule has 0 aliphatic carbocycles. The van der Waals surface area contributed by atoms with E-state index in [1.54, 1.807) is 38.4 Å². The molecule has 2 aromatic heterocycles. The second-order valence-corrected chi connectivity index (χ2v) is 6.94. The molecule has 0 radical (unpaired) electrons.